The quantitative estimate of drug-likeness (QED) is 0.829. The van der Waals surface area contributed by atoms with Crippen molar-refractivity contribution < 1.29 is 9.59 Å². The van der Waals surface area contributed by atoms with Gasteiger partial charge in [-0.2, -0.15) is 0 Å². The van der Waals surface area contributed by atoms with Crippen LogP contribution in [0.5, 0.6) is 0 Å². The first-order valence-electron chi connectivity index (χ1n) is 8.58. The molecule has 3 rings (SSSR count). The van der Waals surface area contributed by atoms with Gasteiger partial charge < -0.3 is 15.5 Å². The van der Waals surface area contributed by atoms with Gasteiger partial charge in [-0.15, -0.1) is 0 Å². The van der Waals surface area contributed by atoms with Gasteiger partial charge in [-0.1, -0.05) is 11.6 Å². The van der Waals surface area contributed by atoms with E-state index in [2.05, 4.69) is 10.6 Å². The number of anilines is 3. The molecule has 2 amide bonds. The molecular formula is C20H22ClN3O2. The predicted octanol–water partition coefficient (Wildman–Crippen LogP) is 4.60. The van der Waals surface area contributed by atoms with Crippen LogP contribution in [-0.4, -0.2) is 17.9 Å². The highest BCUT2D eigenvalue weighted by Gasteiger charge is 2.32. The second kappa shape index (κ2) is 7.38. The number of hydrogen-bond donors (Lipinski definition) is 2. The molecule has 0 saturated carbocycles. The van der Waals surface area contributed by atoms with Crippen molar-refractivity contribution in [1.82, 2.24) is 0 Å². The zero-order valence-electron chi connectivity index (χ0n) is 15.0. The Bertz CT molecular complexity index is 835. The third-order valence-electron chi connectivity index (χ3n) is 4.53. The lowest BCUT2D eigenvalue weighted by Gasteiger charge is -2.39. The molecule has 2 aromatic carbocycles. The van der Waals surface area contributed by atoms with Gasteiger partial charge in [0.15, 0.2) is 0 Å². The molecule has 0 saturated heterocycles. The number of amides is 2. The average Bonchev–Trinajstić information content (AvgIpc) is 2.56. The fraction of sp³-hybridized carbons (Fsp3) is 0.300. The molecule has 0 bridgehead atoms. The number of carbonyl (C=O) groups excluding carboxylic acids is 2. The second-order valence-corrected chi connectivity index (χ2v) is 7.07. The van der Waals surface area contributed by atoms with Crippen molar-refractivity contribution in [2.75, 3.05) is 15.5 Å². The predicted molar refractivity (Wildman–Crippen MR) is 106 cm³/mol. The van der Waals surface area contributed by atoms with Crippen molar-refractivity contribution in [3.63, 3.8) is 0 Å². The number of hydrogen-bond acceptors (Lipinski definition) is 3. The summed E-state index contributed by atoms with van der Waals surface area (Å²) in [6, 6.07) is 13.3. The van der Waals surface area contributed by atoms with Crippen LogP contribution < -0.4 is 15.5 Å². The number of nitrogens with one attached hydrogen (secondary N) is 2. The SMILES string of the molecule is CC(=O)Nc1ccc(N[C@@H]2C[C@H](C)N(C(C)=O)c3ccc(Cl)cc32)cc1. The Morgan fingerprint density at radius 3 is 2.35 bits per heavy atom. The van der Waals surface area contributed by atoms with E-state index in [9.17, 15) is 9.59 Å². The van der Waals surface area contributed by atoms with Crippen LogP contribution in [0.4, 0.5) is 17.1 Å². The van der Waals surface area contributed by atoms with E-state index in [4.69, 9.17) is 11.6 Å². The van der Waals surface area contributed by atoms with Crippen molar-refractivity contribution >= 4 is 40.5 Å². The number of benzene rings is 2. The lowest BCUT2D eigenvalue weighted by Crippen LogP contribution is -2.43. The maximum atomic E-state index is 12.1. The summed E-state index contributed by atoms with van der Waals surface area (Å²) in [5.41, 5.74) is 3.61. The molecule has 136 valence electrons. The van der Waals surface area contributed by atoms with Crippen molar-refractivity contribution in [3.05, 3.63) is 53.1 Å². The van der Waals surface area contributed by atoms with E-state index in [0.717, 1.165) is 29.0 Å². The van der Waals surface area contributed by atoms with Crippen LogP contribution in [0.25, 0.3) is 0 Å². The summed E-state index contributed by atoms with van der Waals surface area (Å²) in [5.74, 6) is -0.0705. The Labute approximate surface area is 158 Å². The molecule has 1 heterocycles. The first-order chi connectivity index (χ1) is 12.3. The minimum atomic E-state index is -0.0975. The van der Waals surface area contributed by atoms with Crippen LogP contribution in [-0.2, 0) is 9.59 Å². The topological polar surface area (TPSA) is 61.4 Å². The van der Waals surface area contributed by atoms with Gasteiger partial charge in [-0.25, -0.2) is 0 Å². The van der Waals surface area contributed by atoms with Gasteiger partial charge in [-0.05, 0) is 61.4 Å². The van der Waals surface area contributed by atoms with E-state index < -0.39 is 0 Å². The van der Waals surface area contributed by atoms with Crippen LogP contribution in [0.2, 0.25) is 5.02 Å². The van der Waals surface area contributed by atoms with Crippen molar-refractivity contribution in [2.45, 2.75) is 39.3 Å². The zero-order valence-corrected chi connectivity index (χ0v) is 15.8. The largest absolute Gasteiger partial charge is 0.378 e. The second-order valence-electron chi connectivity index (χ2n) is 6.63. The Morgan fingerprint density at radius 2 is 1.73 bits per heavy atom. The van der Waals surface area contributed by atoms with E-state index >= 15 is 0 Å². The third kappa shape index (κ3) is 3.83. The smallest absolute Gasteiger partial charge is 0.224 e. The monoisotopic (exact) mass is 371 g/mol. The highest BCUT2D eigenvalue weighted by molar-refractivity contribution is 6.30. The van der Waals surface area contributed by atoms with Crippen LogP contribution in [0.15, 0.2) is 42.5 Å². The van der Waals surface area contributed by atoms with Crippen LogP contribution in [0.1, 0.15) is 38.8 Å². The Kier molecular flexibility index (Phi) is 5.18. The van der Waals surface area contributed by atoms with E-state index in [-0.39, 0.29) is 23.9 Å². The van der Waals surface area contributed by atoms with E-state index in [1.165, 1.54) is 6.92 Å². The Morgan fingerprint density at radius 1 is 1.08 bits per heavy atom. The zero-order chi connectivity index (χ0) is 18.8. The summed E-state index contributed by atoms with van der Waals surface area (Å²) in [6.07, 6.45) is 0.778. The maximum absolute atomic E-state index is 12.1. The molecule has 0 aromatic heterocycles. The molecule has 6 heteroatoms. The highest BCUT2D eigenvalue weighted by Crippen LogP contribution is 2.40. The molecule has 26 heavy (non-hydrogen) atoms. The van der Waals surface area contributed by atoms with Gasteiger partial charge in [0, 0.05) is 42.0 Å². The van der Waals surface area contributed by atoms with Gasteiger partial charge in [0.05, 0.1) is 6.04 Å². The van der Waals surface area contributed by atoms with Crippen LogP contribution in [0, 0.1) is 0 Å². The summed E-state index contributed by atoms with van der Waals surface area (Å²) >= 11 is 6.21. The van der Waals surface area contributed by atoms with E-state index in [1.54, 1.807) is 6.92 Å². The molecule has 0 radical (unpaired) electrons. The molecule has 5 nitrogen and oxygen atoms in total. The Balaban J connectivity index is 1.88. The molecule has 0 fully saturated rings. The van der Waals surface area contributed by atoms with E-state index in [0.29, 0.717) is 5.02 Å². The van der Waals surface area contributed by atoms with Gasteiger partial charge in [-0.3, -0.25) is 9.59 Å². The fourth-order valence-electron chi connectivity index (χ4n) is 3.51. The molecular weight excluding hydrogens is 350 g/mol. The average molecular weight is 372 g/mol. The Hall–Kier alpha value is -2.53. The van der Waals surface area contributed by atoms with Crippen LogP contribution in [0.3, 0.4) is 0 Å². The molecule has 1 aliphatic heterocycles. The normalized spacial score (nSPS) is 18.8. The first kappa shape index (κ1) is 18.3. The van der Waals surface area contributed by atoms with Crippen molar-refractivity contribution in [1.29, 1.82) is 0 Å². The molecule has 0 spiro atoms. The van der Waals surface area contributed by atoms with Gasteiger partial charge in [0.2, 0.25) is 11.8 Å². The molecule has 0 aliphatic carbocycles. The summed E-state index contributed by atoms with van der Waals surface area (Å²) in [6.45, 7) is 5.12. The summed E-state index contributed by atoms with van der Waals surface area (Å²) in [5, 5.41) is 6.93. The molecule has 2 N–H and O–H groups in total. The summed E-state index contributed by atoms with van der Waals surface area (Å²) in [7, 11) is 0. The minimum absolute atomic E-state index is 0.0270. The van der Waals surface area contributed by atoms with Gasteiger partial charge in [0.1, 0.15) is 0 Å². The lowest BCUT2D eigenvalue weighted by atomic mass is 9.91. The molecule has 2 aromatic rings. The lowest BCUT2D eigenvalue weighted by molar-refractivity contribution is -0.117. The number of halogens is 1. The number of nitrogens with zero attached hydrogens (tertiary/aromatic N) is 1. The first-order valence-corrected chi connectivity index (χ1v) is 8.96. The minimum Gasteiger partial charge on any atom is -0.378 e. The third-order valence-corrected chi connectivity index (χ3v) is 4.76. The fourth-order valence-corrected chi connectivity index (χ4v) is 3.69. The van der Waals surface area contributed by atoms with Crippen molar-refractivity contribution in [3.8, 4) is 0 Å². The highest BCUT2D eigenvalue weighted by atomic mass is 35.5. The van der Waals surface area contributed by atoms with Gasteiger partial charge >= 0.3 is 0 Å². The molecule has 1 aliphatic rings. The standard InChI is InChI=1S/C20H22ClN3O2/c1-12-10-19(23-17-7-5-16(6-8-17)22-13(2)25)18-11-15(21)4-9-20(18)24(12)14(3)26/h4-9,11-12,19,23H,10H2,1-3H3,(H,22,25)/t12-,19+/m0/s1. The van der Waals surface area contributed by atoms with Crippen molar-refractivity contribution in [2.24, 2.45) is 0 Å². The summed E-state index contributed by atoms with van der Waals surface area (Å²) < 4.78 is 0. The molecule has 2 atom stereocenters. The number of fused-ring (bicyclic) bond motifs is 1. The van der Waals surface area contributed by atoms with E-state index in [1.807, 2.05) is 54.3 Å². The summed E-state index contributed by atoms with van der Waals surface area (Å²) in [4.78, 5) is 25.0. The molecule has 0 unspecified atom stereocenters. The number of carbonyl (C=O) groups is 2. The van der Waals surface area contributed by atoms with Gasteiger partial charge in [0.25, 0.3) is 0 Å². The van der Waals surface area contributed by atoms with Crippen LogP contribution >= 0.6 is 11.6 Å². The number of rotatable bonds is 3. The maximum Gasteiger partial charge on any atom is 0.224 e.